The minimum Gasteiger partial charge on any atom is -0.493 e. The molecule has 0 radical (unpaired) electrons. The van der Waals surface area contributed by atoms with Crippen molar-refractivity contribution in [1.29, 1.82) is 0 Å². The van der Waals surface area contributed by atoms with Gasteiger partial charge in [0.1, 0.15) is 13.2 Å². The van der Waals surface area contributed by atoms with E-state index in [1.54, 1.807) is 30.3 Å². The summed E-state index contributed by atoms with van der Waals surface area (Å²) in [6, 6.07) is 7.44. The third-order valence-corrected chi connectivity index (χ3v) is 4.03. The predicted molar refractivity (Wildman–Crippen MR) is 91.5 cm³/mol. The number of hydrogen-bond donors (Lipinski definition) is 1. The molecule has 1 aliphatic rings. The highest BCUT2D eigenvalue weighted by molar-refractivity contribution is 5.75. The molecule has 0 bridgehead atoms. The van der Waals surface area contributed by atoms with Crippen LogP contribution in [0, 0.1) is 0 Å². The van der Waals surface area contributed by atoms with E-state index in [0.29, 0.717) is 24.7 Å². The summed E-state index contributed by atoms with van der Waals surface area (Å²) in [4.78, 5) is 11.9. The maximum Gasteiger partial charge on any atom is 0.241 e. The monoisotopic (exact) mass is 345 g/mol. The number of hydrogen-bond acceptors (Lipinski definition) is 5. The first kappa shape index (κ1) is 17.3. The maximum atomic E-state index is 11.9. The second-order valence-electron chi connectivity index (χ2n) is 5.91. The Bertz CT molecular complexity index is 682. The van der Waals surface area contributed by atoms with E-state index >= 15 is 0 Å². The van der Waals surface area contributed by atoms with Crippen LogP contribution in [0.25, 0.3) is 0 Å². The SMILES string of the molecule is COc1cc(CNC(=O)Cn2cccn2)ccc1OC[C@H]1CCCO1. The average molecular weight is 345 g/mol. The fraction of sp³-hybridized carbons (Fsp3) is 0.444. The van der Waals surface area contributed by atoms with E-state index in [2.05, 4.69) is 10.4 Å². The fourth-order valence-electron chi connectivity index (χ4n) is 2.70. The smallest absolute Gasteiger partial charge is 0.241 e. The van der Waals surface area contributed by atoms with E-state index in [0.717, 1.165) is 25.0 Å². The zero-order chi connectivity index (χ0) is 17.5. The van der Waals surface area contributed by atoms with Crippen LogP contribution in [0.15, 0.2) is 36.7 Å². The van der Waals surface area contributed by atoms with E-state index in [-0.39, 0.29) is 18.6 Å². The summed E-state index contributed by atoms with van der Waals surface area (Å²) in [5.74, 6) is 1.24. The summed E-state index contributed by atoms with van der Waals surface area (Å²) in [6.45, 7) is 1.95. The summed E-state index contributed by atoms with van der Waals surface area (Å²) in [5, 5.41) is 6.88. The Morgan fingerprint density at radius 3 is 3.08 bits per heavy atom. The van der Waals surface area contributed by atoms with Crippen molar-refractivity contribution in [2.24, 2.45) is 0 Å². The molecule has 7 heteroatoms. The Hall–Kier alpha value is -2.54. The number of benzene rings is 1. The van der Waals surface area contributed by atoms with Crippen LogP contribution in [0.4, 0.5) is 0 Å². The van der Waals surface area contributed by atoms with Gasteiger partial charge in [0.05, 0.1) is 13.2 Å². The van der Waals surface area contributed by atoms with Gasteiger partial charge in [-0.3, -0.25) is 9.48 Å². The van der Waals surface area contributed by atoms with Gasteiger partial charge >= 0.3 is 0 Å². The number of carbonyl (C=O) groups excluding carboxylic acids is 1. The molecule has 0 saturated carbocycles. The number of nitrogens with zero attached hydrogens (tertiary/aromatic N) is 2. The summed E-state index contributed by atoms with van der Waals surface area (Å²) in [5.41, 5.74) is 0.940. The van der Waals surface area contributed by atoms with Crippen LogP contribution in [-0.4, -0.2) is 42.1 Å². The predicted octanol–water partition coefficient (Wildman–Crippen LogP) is 1.77. The molecule has 1 aromatic heterocycles. The van der Waals surface area contributed by atoms with E-state index in [9.17, 15) is 4.79 Å². The Morgan fingerprint density at radius 1 is 1.44 bits per heavy atom. The van der Waals surface area contributed by atoms with Crippen molar-refractivity contribution in [3.8, 4) is 11.5 Å². The molecular formula is C18H23N3O4. The Labute approximate surface area is 146 Å². The van der Waals surface area contributed by atoms with E-state index in [4.69, 9.17) is 14.2 Å². The van der Waals surface area contributed by atoms with Gasteiger partial charge in [0.25, 0.3) is 0 Å². The van der Waals surface area contributed by atoms with Crippen molar-refractivity contribution < 1.29 is 19.0 Å². The van der Waals surface area contributed by atoms with Crippen LogP contribution in [0.1, 0.15) is 18.4 Å². The molecule has 25 heavy (non-hydrogen) atoms. The topological polar surface area (TPSA) is 74.6 Å². The van der Waals surface area contributed by atoms with E-state index in [1.807, 2.05) is 18.2 Å². The van der Waals surface area contributed by atoms with Crippen LogP contribution < -0.4 is 14.8 Å². The Morgan fingerprint density at radius 2 is 2.36 bits per heavy atom. The van der Waals surface area contributed by atoms with Crippen molar-refractivity contribution in [3.63, 3.8) is 0 Å². The van der Waals surface area contributed by atoms with E-state index < -0.39 is 0 Å². The fourth-order valence-corrected chi connectivity index (χ4v) is 2.70. The zero-order valence-corrected chi connectivity index (χ0v) is 14.3. The van der Waals surface area contributed by atoms with Gasteiger partial charge in [-0.25, -0.2) is 0 Å². The number of ether oxygens (including phenoxy) is 3. The summed E-state index contributed by atoms with van der Waals surface area (Å²) >= 11 is 0. The molecule has 0 spiro atoms. The quantitative estimate of drug-likeness (QED) is 0.789. The molecule has 0 aliphatic carbocycles. The van der Waals surface area contributed by atoms with Crippen LogP contribution in [0.5, 0.6) is 11.5 Å². The summed E-state index contributed by atoms with van der Waals surface area (Å²) < 4.78 is 18.4. The van der Waals surface area contributed by atoms with Crippen LogP contribution in [0.2, 0.25) is 0 Å². The lowest BCUT2D eigenvalue weighted by molar-refractivity contribution is -0.122. The average Bonchev–Trinajstić information content (AvgIpc) is 3.32. The normalized spacial score (nSPS) is 16.6. The molecule has 0 unspecified atom stereocenters. The van der Waals surface area contributed by atoms with Crippen molar-refractivity contribution in [1.82, 2.24) is 15.1 Å². The molecular weight excluding hydrogens is 322 g/mol. The van der Waals surface area contributed by atoms with Gasteiger partial charge in [0.2, 0.25) is 5.91 Å². The van der Waals surface area contributed by atoms with Crippen molar-refractivity contribution in [2.75, 3.05) is 20.3 Å². The molecule has 2 aromatic rings. The highest BCUT2D eigenvalue weighted by Gasteiger charge is 2.17. The molecule has 1 amide bonds. The highest BCUT2D eigenvalue weighted by Crippen LogP contribution is 2.29. The second-order valence-corrected chi connectivity index (χ2v) is 5.91. The van der Waals surface area contributed by atoms with Crippen molar-refractivity contribution in [2.45, 2.75) is 32.0 Å². The minimum absolute atomic E-state index is 0.0959. The van der Waals surface area contributed by atoms with Crippen molar-refractivity contribution in [3.05, 3.63) is 42.2 Å². The number of aromatic nitrogens is 2. The number of nitrogens with one attached hydrogen (secondary N) is 1. The Balaban J connectivity index is 1.52. The van der Waals surface area contributed by atoms with Crippen LogP contribution in [0.3, 0.4) is 0 Å². The van der Waals surface area contributed by atoms with Gasteiger partial charge in [-0.05, 0) is 36.6 Å². The van der Waals surface area contributed by atoms with Gasteiger partial charge in [-0.15, -0.1) is 0 Å². The molecule has 2 heterocycles. The molecule has 1 aromatic carbocycles. The summed E-state index contributed by atoms with van der Waals surface area (Å²) in [7, 11) is 1.61. The molecule has 1 aliphatic heterocycles. The van der Waals surface area contributed by atoms with Gasteiger partial charge < -0.3 is 19.5 Å². The lowest BCUT2D eigenvalue weighted by atomic mass is 10.2. The molecule has 1 atom stereocenters. The molecule has 7 nitrogen and oxygen atoms in total. The van der Waals surface area contributed by atoms with Crippen LogP contribution >= 0.6 is 0 Å². The third-order valence-electron chi connectivity index (χ3n) is 4.03. The van der Waals surface area contributed by atoms with Gasteiger partial charge in [-0.2, -0.15) is 5.10 Å². The minimum atomic E-state index is -0.0959. The number of carbonyl (C=O) groups is 1. The zero-order valence-electron chi connectivity index (χ0n) is 14.3. The number of methoxy groups -OCH3 is 1. The first-order valence-electron chi connectivity index (χ1n) is 8.40. The van der Waals surface area contributed by atoms with E-state index in [1.165, 1.54) is 0 Å². The molecule has 134 valence electrons. The lowest BCUT2D eigenvalue weighted by Crippen LogP contribution is -2.27. The number of rotatable bonds is 8. The van der Waals surface area contributed by atoms with Crippen LogP contribution in [-0.2, 0) is 22.6 Å². The lowest BCUT2D eigenvalue weighted by Gasteiger charge is -2.15. The largest absolute Gasteiger partial charge is 0.493 e. The molecule has 1 N–H and O–H groups in total. The third kappa shape index (κ3) is 4.96. The molecule has 1 fully saturated rings. The first-order valence-corrected chi connectivity index (χ1v) is 8.40. The standard InChI is InChI=1S/C18H23N3O4/c1-23-17-10-14(11-19-18(22)12-21-8-3-7-20-21)5-6-16(17)25-13-15-4-2-9-24-15/h3,5-8,10,15H,2,4,9,11-13H2,1H3,(H,19,22)/t15-/m1/s1. The maximum absolute atomic E-state index is 11.9. The number of amides is 1. The highest BCUT2D eigenvalue weighted by atomic mass is 16.5. The van der Waals surface area contributed by atoms with Gasteiger partial charge in [0.15, 0.2) is 11.5 Å². The molecule has 1 saturated heterocycles. The van der Waals surface area contributed by atoms with Crippen molar-refractivity contribution >= 4 is 5.91 Å². The summed E-state index contributed by atoms with van der Waals surface area (Å²) in [6.07, 6.45) is 5.67. The Kier molecular flexibility index (Phi) is 5.90. The van der Waals surface area contributed by atoms with Gasteiger partial charge in [0, 0.05) is 25.5 Å². The first-order chi connectivity index (χ1) is 12.2. The van der Waals surface area contributed by atoms with Gasteiger partial charge in [-0.1, -0.05) is 6.07 Å². The second kappa shape index (κ2) is 8.53. The molecule has 3 rings (SSSR count).